The second kappa shape index (κ2) is 12.4. The predicted octanol–water partition coefficient (Wildman–Crippen LogP) is 6.50. The highest BCUT2D eigenvalue weighted by Crippen LogP contribution is 2.29. The topological polar surface area (TPSA) is 46.5 Å². The van der Waals surface area contributed by atoms with Crippen LogP contribution in [-0.2, 0) is 4.79 Å². The SMILES string of the molecule is Cc1ccc(SCCCOc2ccc(C(C)C)c(C(C)C)c2)cc1.O=CO. The Morgan fingerprint density at radius 2 is 1.59 bits per heavy atom. The summed E-state index contributed by atoms with van der Waals surface area (Å²) in [5, 5.41) is 6.89. The second-order valence-corrected chi connectivity index (χ2v) is 8.24. The molecule has 1 N–H and O–H groups in total. The molecule has 0 heterocycles. The van der Waals surface area contributed by atoms with E-state index in [0.29, 0.717) is 11.8 Å². The monoisotopic (exact) mass is 388 g/mol. The number of rotatable bonds is 8. The zero-order chi connectivity index (χ0) is 20.2. The molecule has 2 aromatic rings. The molecule has 0 unspecified atom stereocenters. The van der Waals surface area contributed by atoms with E-state index in [-0.39, 0.29) is 6.47 Å². The lowest BCUT2D eigenvalue weighted by atomic mass is 9.90. The van der Waals surface area contributed by atoms with Crippen molar-refractivity contribution in [3.63, 3.8) is 0 Å². The Bertz CT molecular complexity index is 679. The van der Waals surface area contributed by atoms with Crippen LogP contribution in [0, 0.1) is 6.92 Å². The van der Waals surface area contributed by atoms with Crippen molar-refractivity contribution in [2.75, 3.05) is 12.4 Å². The van der Waals surface area contributed by atoms with Gasteiger partial charge in [-0.1, -0.05) is 51.5 Å². The number of carboxylic acid groups (broad SMARTS) is 1. The van der Waals surface area contributed by atoms with Gasteiger partial charge in [0.25, 0.3) is 6.47 Å². The second-order valence-electron chi connectivity index (χ2n) is 7.07. The Balaban J connectivity index is 0.00000114. The van der Waals surface area contributed by atoms with Gasteiger partial charge in [0.2, 0.25) is 0 Å². The summed E-state index contributed by atoms with van der Waals surface area (Å²) >= 11 is 1.90. The number of ether oxygens (including phenoxy) is 1. The fourth-order valence-corrected chi connectivity index (χ4v) is 3.57. The van der Waals surface area contributed by atoms with Gasteiger partial charge in [0.05, 0.1) is 6.61 Å². The molecule has 27 heavy (non-hydrogen) atoms. The van der Waals surface area contributed by atoms with E-state index in [1.165, 1.54) is 21.6 Å². The lowest BCUT2D eigenvalue weighted by Gasteiger charge is -2.17. The quantitative estimate of drug-likeness (QED) is 0.318. The van der Waals surface area contributed by atoms with E-state index in [2.05, 4.69) is 77.1 Å². The maximum Gasteiger partial charge on any atom is 0.290 e. The number of carbonyl (C=O) groups is 1. The first kappa shape index (κ1) is 23.1. The van der Waals surface area contributed by atoms with E-state index < -0.39 is 0 Å². The standard InChI is InChI=1S/C22H30OS.CH2O2/c1-16(2)21-12-9-19(15-22(21)17(3)4)23-13-6-14-24-20-10-7-18(5)8-11-20;2-1-3/h7-12,15-17H,6,13-14H2,1-5H3;1H,(H,2,3). The van der Waals surface area contributed by atoms with Gasteiger partial charge in [-0.3, -0.25) is 4.79 Å². The first-order chi connectivity index (χ1) is 12.9. The first-order valence-corrected chi connectivity index (χ1v) is 10.4. The van der Waals surface area contributed by atoms with Crippen LogP contribution in [0.15, 0.2) is 47.4 Å². The summed E-state index contributed by atoms with van der Waals surface area (Å²) in [4.78, 5) is 9.70. The summed E-state index contributed by atoms with van der Waals surface area (Å²) in [6.45, 7) is 11.7. The normalized spacial score (nSPS) is 10.5. The van der Waals surface area contributed by atoms with Crippen LogP contribution in [0.2, 0.25) is 0 Å². The van der Waals surface area contributed by atoms with Gasteiger partial charge in [-0.15, -0.1) is 11.8 Å². The molecule has 4 heteroatoms. The number of thioether (sulfide) groups is 1. The Kier molecular flexibility index (Phi) is 10.6. The summed E-state index contributed by atoms with van der Waals surface area (Å²) in [5.41, 5.74) is 4.16. The van der Waals surface area contributed by atoms with Crippen molar-refractivity contribution in [2.24, 2.45) is 0 Å². The third kappa shape index (κ3) is 8.53. The van der Waals surface area contributed by atoms with Gasteiger partial charge in [0.15, 0.2) is 0 Å². The third-order valence-electron chi connectivity index (χ3n) is 4.15. The Morgan fingerprint density at radius 1 is 1.00 bits per heavy atom. The fourth-order valence-electron chi connectivity index (χ4n) is 2.74. The molecule has 0 aromatic heterocycles. The molecule has 2 rings (SSSR count). The molecule has 0 saturated carbocycles. The van der Waals surface area contributed by atoms with E-state index >= 15 is 0 Å². The minimum atomic E-state index is -0.250. The smallest absolute Gasteiger partial charge is 0.290 e. The summed E-state index contributed by atoms with van der Waals surface area (Å²) in [5.74, 6) is 3.18. The Labute approximate surface area is 168 Å². The van der Waals surface area contributed by atoms with Crippen LogP contribution in [0.1, 0.15) is 62.6 Å². The van der Waals surface area contributed by atoms with Gasteiger partial charge in [-0.2, -0.15) is 0 Å². The third-order valence-corrected chi connectivity index (χ3v) is 5.25. The minimum Gasteiger partial charge on any atom is -0.494 e. The van der Waals surface area contributed by atoms with E-state index in [4.69, 9.17) is 14.6 Å². The number of aryl methyl sites for hydroxylation is 1. The highest BCUT2D eigenvalue weighted by Gasteiger charge is 2.11. The summed E-state index contributed by atoms with van der Waals surface area (Å²) < 4.78 is 5.98. The zero-order valence-electron chi connectivity index (χ0n) is 17.1. The molecule has 0 aliphatic rings. The largest absolute Gasteiger partial charge is 0.494 e. The molecule has 0 amide bonds. The average molecular weight is 389 g/mol. The van der Waals surface area contributed by atoms with Crippen LogP contribution >= 0.6 is 11.8 Å². The van der Waals surface area contributed by atoms with Crippen molar-refractivity contribution in [1.82, 2.24) is 0 Å². The van der Waals surface area contributed by atoms with Crippen LogP contribution in [-0.4, -0.2) is 23.9 Å². The van der Waals surface area contributed by atoms with Crippen molar-refractivity contribution in [3.05, 3.63) is 59.2 Å². The minimum absolute atomic E-state index is 0.250. The summed E-state index contributed by atoms with van der Waals surface area (Å²) in [6.07, 6.45) is 1.06. The highest BCUT2D eigenvalue weighted by molar-refractivity contribution is 7.99. The molecule has 148 valence electrons. The van der Waals surface area contributed by atoms with E-state index in [1.807, 2.05) is 11.8 Å². The molecule has 0 aliphatic carbocycles. The maximum atomic E-state index is 8.36. The van der Waals surface area contributed by atoms with Crippen LogP contribution in [0.4, 0.5) is 0 Å². The van der Waals surface area contributed by atoms with Gasteiger partial charge in [0.1, 0.15) is 5.75 Å². The lowest BCUT2D eigenvalue weighted by molar-refractivity contribution is -0.122. The number of hydrogen-bond donors (Lipinski definition) is 1. The van der Waals surface area contributed by atoms with Crippen molar-refractivity contribution < 1.29 is 14.6 Å². The molecule has 0 saturated heterocycles. The fraction of sp³-hybridized carbons (Fsp3) is 0.435. The molecule has 0 atom stereocenters. The summed E-state index contributed by atoms with van der Waals surface area (Å²) in [6, 6.07) is 15.3. The van der Waals surface area contributed by atoms with Crippen LogP contribution in [0.25, 0.3) is 0 Å². The number of benzene rings is 2. The van der Waals surface area contributed by atoms with Crippen LogP contribution < -0.4 is 4.74 Å². The van der Waals surface area contributed by atoms with E-state index in [9.17, 15) is 0 Å². The molecule has 0 bridgehead atoms. The maximum absolute atomic E-state index is 8.36. The van der Waals surface area contributed by atoms with Crippen molar-refractivity contribution in [1.29, 1.82) is 0 Å². The van der Waals surface area contributed by atoms with E-state index in [0.717, 1.165) is 24.5 Å². The highest BCUT2D eigenvalue weighted by atomic mass is 32.2. The van der Waals surface area contributed by atoms with E-state index in [1.54, 1.807) is 0 Å². The van der Waals surface area contributed by atoms with Gasteiger partial charge in [-0.25, -0.2) is 0 Å². The molecule has 0 aliphatic heterocycles. The van der Waals surface area contributed by atoms with Crippen molar-refractivity contribution >= 4 is 18.2 Å². The van der Waals surface area contributed by atoms with Crippen LogP contribution in [0.5, 0.6) is 5.75 Å². The molecule has 0 radical (unpaired) electrons. The number of hydrogen-bond acceptors (Lipinski definition) is 3. The molecular formula is C23H32O3S. The summed E-state index contributed by atoms with van der Waals surface area (Å²) in [7, 11) is 0. The molecule has 0 spiro atoms. The molecular weight excluding hydrogens is 356 g/mol. The first-order valence-electron chi connectivity index (χ1n) is 9.43. The molecule has 2 aromatic carbocycles. The lowest BCUT2D eigenvalue weighted by Crippen LogP contribution is -2.02. The van der Waals surface area contributed by atoms with Crippen molar-refractivity contribution in [2.45, 2.75) is 57.8 Å². The average Bonchev–Trinajstić information content (AvgIpc) is 2.63. The molecule has 0 fully saturated rings. The van der Waals surface area contributed by atoms with Crippen molar-refractivity contribution in [3.8, 4) is 5.75 Å². The zero-order valence-corrected chi connectivity index (χ0v) is 17.9. The van der Waals surface area contributed by atoms with Gasteiger partial charge < -0.3 is 9.84 Å². The van der Waals surface area contributed by atoms with Gasteiger partial charge >= 0.3 is 0 Å². The van der Waals surface area contributed by atoms with Gasteiger partial charge in [0, 0.05) is 10.6 Å². The molecule has 3 nitrogen and oxygen atoms in total. The Hall–Kier alpha value is -1.94. The van der Waals surface area contributed by atoms with Crippen LogP contribution in [0.3, 0.4) is 0 Å². The Morgan fingerprint density at radius 3 is 2.15 bits per heavy atom. The van der Waals surface area contributed by atoms with Gasteiger partial charge in [-0.05, 0) is 60.6 Å². The predicted molar refractivity (Wildman–Crippen MR) is 115 cm³/mol.